The minimum absolute atomic E-state index is 0.0948. The van der Waals surface area contributed by atoms with Crippen LogP contribution in [-0.4, -0.2) is 43.9 Å². The maximum atomic E-state index is 14.0. The van der Waals surface area contributed by atoms with Crippen molar-refractivity contribution in [3.8, 4) is 0 Å². The van der Waals surface area contributed by atoms with Crippen molar-refractivity contribution in [1.29, 1.82) is 0 Å². The summed E-state index contributed by atoms with van der Waals surface area (Å²) in [5.74, 6) is -1.37. The number of nitrogens with two attached hydrogens (primary N) is 1. The highest BCUT2D eigenvalue weighted by atomic mass is 35.5. The van der Waals surface area contributed by atoms with Gasteiger partial charge in [-0.25, -0.2) is 4.98 Å². The molecule has 0 aromatic carbocycles. The predicted molar refractivity (Wildman–Crippen MR) is 127 cm³/mol. The number of nitrogens with zero attached hydrogens (tertiary/aromatic N) is 3. The van der Waals surface area contributed by atoms with E-state index in [1.165, 1.54) is 6.20 Å². The summed E-state index contributed by atoms with van der Waals surface area (Å²) in [6, 6.07) is 3.07. The molecule has 0 radical (unpaired) electrons. The second-order valence-electron chi connectivity index (χ2n) is 10.4. The van der Waals surface area contributed by atoms with Crippen LogP contribution in [0.2, 0.25) is 5.15 Å². The van der Waals surface area contributed by atoms with Gasteiger partial charge in [0.2, 0.25) is 0 Å². The second kappa shape index (κ2) is 7.92. The van der Waals surface area contributed by atoms with Crippen LogP contribution >= 0.6 is 11.6 Å². The van der Waals surface area contributed by atoms with E-state index in [1.54, 1.807) is 42.5 Å². The normalized spacial score (nSPS) is 29.3. The summed E-state index contributed by atoms with van der Waals surface area (Å²) < 4.78 is 1.56. The molecular weight excluding hydrogens is 456 g/mol. The van der Waals surface area contributed by atoms with Crippen LogP contribution in [0, 0.1) is 31.6 Å². The summed E-state index contributed by atoms with van der Waals surface area (Å²) in [6.45, 7) is 3.34. The highest BCUT2D eigenvalue weighted by Gasteiger charge is 2.57. The number of anilines is 1. The Hall–Kier alpha value is -2.71. The third-order valence-corrected chi connectivity index (χ3v) is 8.49. The smallest absolute Gasteiger partial charge is 0.301 e. The van der Waals surface area contributed by atoms with E-state index >= 15 is 0 Å². The highest BCUT2D eigenvalue weighted by molar-refractivity contribution is 6.47. The van der Waals surface area contributed by atoms with Crippen molar-refractivity contribution in [3.63, 3.8) is 0 Å². The number of hydrogen-bond donors (Lipinski definition) is 2. The number of hydrogen-bond acceptors (Lipinski definition) is 5. The number of pyridine rings is 1. The quantitative estimate of drug-likeness (QED) is 0.384. The van der Waals surface area contributed by atoms with Crippen LogP contribution < -0.4 is 10.6 Å². The first-order valence-electron chi connectivity index (χ1n) is 11.7. The van der Waals surface area contributed by atoms with Gasteiger partial charge >= 0.3 is 5.91 Å². The number of Topliss-reactive ketones (excluding diaryl/α,β-unsaturated/α-hetero) is 1. The molecule has 4 aliphatic carbocycles. The third kappa shape index (κ3) is 3.46. The fraction of sp³-hybridized carbons (Fsp3) is 0.520. The molecule has 0 spiro atoms. The Kier molecular flexibility index (Phi) is 5.37. The lowest BCUT2D eigenvalue weighted by Crippen LogP contribution is -2.63. The van der Waals surface area contributed by atoms with Crippen LogP contribution in [0.25, 0.3) is 0 Å². The first-order valence-corrected chi connectivity index (χ1v) is 12.1. The summed E-state index contributed by atoms with van der Waals surface area (Å²) in [5.41, 5.74) is 6.74. The van der Waals surface area contributed by atoms with Crippen LogP contribution in [-0.2, 0) is 11.8 Å². The summed E-state index contributed by atoms with van der Waals surface area (Å²) in [6.07, 6.45) is 5.43. The van der Waals surface area contributed by atoms with E-state index in [0.29, 0.717) is 35.7 Å². The van der Waals surface area contributed by atoms with E-state index in [9.17, 15) is 19.5 Å². The van der Waals surface area contributed by atoms with Gasteiger partial charge in [-0.2, -0.15) is 0 Å². The molecule has 2 unspecified atom stereocenters. The van der Waals surface area contributed by atoms with Crippen molar-refractivity contribution < 1.29 is 19.5 Å². The third-order valence-electron chi connectivity index (χ3n) is 8.28. The van der Waals surface area contributed by atoms with Gasteiger partial charge in [0.15, 0.2) is 0 Å². The molecule has 2 atom stereocenters. The highest BCUT2D eigenvalue weighted by Crippen LogP contribution is 2.57. The number of ketones is 1. The summed E-state index contributed by atoms with van der Waals surface area (Å²) >= 11 is 6.18. The molecular formula is C25H29ClN4O4. The number of aromatic nitrogens is 2. The Morgan fingerprint density at radius 3 is 2.38 bits per heavy atom. The van der Waals surface area contributed by atoms with Gasteiger partial charge in [0.1, 0.15) is 5.15 Å². The van der Waals surface area contributed by atoms with Crippen molar-refractivity contribution in [3.05, 3.63) is 46.0 Å². The standard InChI is InChI=1S/C25H29ClN4O4/c1-12-19(23(27)32)13(2)29(3)20(12)22(31)24(33)30(17-4-5-28-18(26)8-17)21-15-6-14-7-16(21)11-25(34,9-14)10-15/h4-5,8,14-16,21,34H,6-7,9-11H2,1-3H3,(H2,27,32). The maximum absolute atomic E-state index is 14.0. The Balaban J connectivity index is 1.59. The molecule has 4 fully saturated rings. The molecule has 34 heavy (non-hydrogen) atoms. The Bertz CT molecular complexity index is 1210. The van der Waals surface area contributed by atoms with E-state index in [0.717, 1.165) is 19.3 Å². The van der Waals surface area contributed by atoms with Crippen molar-refractivity contribution in [2.75, 3.05) is 4.90 Å². The summed E-state index contributed by atoms with van der Waals surface area (Å²) in [4.78, 5) is 45.3. The fourth-order valence-corrected chi connectivity index (χ4v) is 7.38. The molecule has 6 rings (SSSR count). The van der Waals surface area contributed by atoms with Crippen LogP contribution in [0.3, 0.4) is 0 Å². The SMILES string of the molecule is Cc1c(C(N)=O)c(C)n(C)c1C(=O)C(=O)N(c1ccnc(Cl)c1)C1C2CC3CC1CC(O)(C3)C2. The average Bonchev–Trinajstić information content (AvgIpc) is 2.96. The van der Waals surface area contributed by atoms with Crippen LogP contribution in [0.1, 0.15) is 64.2 Å². The maximum Gasteiger partial charge on any atom is 0.301 e. The van der Waals surface area contributed by atoms with Crippen LogP contribution in [0.15, 0.2) is 18.3 Å². The molecule has 4 saturated carbocycles. The minimum atomic E-state index is -0.698. The number of carbonyl (C=O) groups is 3. The molecule has 2 heterocycles. The van der Waals surface area contributed by atoms with Gasteiger partial charge in [0.05, 0.1) is 16.9 Å². The average molecular weight is 485 g/mol. The van der Waals surface area contributed by atoms with E-state index in [4.69, 9.17) is 17.3 Å². The van der Waals surface area contributed by atoms with E-state index < -0.39 is 23.2 Å². The van der Waals surface area contributed by atoms with Gasteiger partial charge in [0, 0.05) is 30.7 Å². The fourth-order valence-electron chi connectivity index (χ4n) is 7.22. The molecule has 2 amide bonds. The largest absolute Gasteiger partial charge is 0.390 e. The van der Waals surface area contributed by atoms with Gasteiger partial charge in [-0.3, -0.25) is 14.4 Å². The Morgan fingerprint density at radius 2 is 1.85 bits per heavy atom. The molecule has 3 N–H and O–H groups in total. The Morgan fingerprint density at radius 1 is 1.21 bits per heavy atom. The van der Waals surface area contributed by atoms with Crippen LogP contribution in [0.4, 0.5) is 5.69 Å². The second-order valence-corrected chi connectivity index (χ2v) is 10.8. The zero-order valence-electron chi connectivity index (χ0n) is 19.5. The van der Waals surface area contributed by atoms with Gasteiger partial charge in [-0.15, -0.1) is 0 Å². The first-order chi connectivity index (χ1) is 16.0. The lowest BCUT2D eigenvalue weighted by molar-refractivity contribution is -0.139. The number of amides is 2. The Labute approximate surface area is 203 Å². The molecule has 2 aromatic rings. The minimum Gasteiger partial charge on any atom is -0.390 e. The van der Waals surface area contributed by atoms with E-state index in [-0.39, 0.29) is 34.3 Å². The van der Waals surface area contributed by atoms with Crippen molar-refractivity contribution in [1.82, 2.24) is 9.55 Å². The van der Waals surface area contributed by atoms with Crippen molar-refractivity contribution in [2.45, 2.75) is 57.6 Å². The molecule has 4 bridgehead atoms. The van der Waals surface area contributed by atoms with Crippen LogP contribution in [0.5, 0.6) is 0 Å². The lowest BCUT2D eigenvalue weighted by Gasteiger charge is -2.60. The molecule has 8 nitrogen and oxygen atoms in total. The molecule has 0 aliphatic heterocycles. The van der Waals surface area contributed by atoms with E-state index in [2.05, 4.69) is 4.98 Å². The lowest BCUT2D eigenvalue weighted by atomic mass is 9.52. The topological polar surface area (TPSA) is 119 Å². The van der Waals surface area contributed by atoms with Crippen molar-refractivity contribution >= 4 is 34.9 Å². The number of rotatable bonds is 5. The number of halogens is 1. The molecule has 0 saturated heterocycles. The predicted octanol–water partition coefficient (Wildman–Crippen LogP) is 2.94. The van der Waals surface area contributed by atoms with Gasteiger partial charge in [0.25, 0.3) is 11.7 Å². The zero-order valence-corrected chi connectivity index (χ0v) is 20.3. The van der Waals surface area contributed by atoms with E-state index in [1.807, 2.05) is 0 Å². The molecule has 4 aliphatic rings. The summed E-state index contributed by atoms with van der Waals surface area (Å²) in [7, 11) is 1.65. The number of carbonyl (C=O) groups excluding carboxylic acids is 3. The van der Waals surface area contributed by atoms with Gasteiger partial charge in [-0.1, -0.05) is 11.6 Å². The summed E-state index contributed by atoms with van der Waals surface area (Å²) in [5, 5.41) is 11.3. The van der Waals surface area contributed by atoms with Gasteiger partial charge in [-0.05, 0) is 81.4 Å². The molecule has 9 heteroatoms. The molecule has 180 valence electrons. The first kappa shape index (κ1) is 23.1. The number of aliphatic hydroxyl groups is 1. The van der Waals surface area contributed by atoms with Crippen molar-refractivity contribution in [2.24, 2.45) is 30.5 Å². The monoisotopic (exact) mass is 484 g/mol. The van der Waals surface area contributed by atoms with Gasteiger partial charge < -0.3 is 20.3 Å². The molecule has 2 aromatic heterocycles. The zero-order chi connectivity index (χ0) is 24.5. The number of primary amides is 1.